The van der Waals surface area contributed by atoms with E-state index >= 15 is 0 Å². The van der Waals surface area contributed by atoms with Gasteiger partial charge in [-0.1, -0.05) is 12.1 Å². The molecule has 3 nitrogen and oxygen atoms in total. The van der Waals surface area contributed by atoms with Crippen molar-refractivity contribution in [1.82, 2.24) is 4.98 Å². The fourth-order valence-electron chi connectivity index (χ4n) is 1.31. The summed E-state index contributed by atoms with van der Waals surface area (Å²) in [4.78, 5) is 4.34. The van der Waals surface area contributed by atoms with E-state index in [2.05, 4.69) is 4.98 Å². The van der Waals surface area contributed by atoms with Crippen LogP contribution in [0, 0.1) is 0 Å². The summed E-state index contributed by atoms with van der Waals surface area (Å²) in [5.41, 5.74) is 6.33. The summed E-state index contributed by atoms with van der Waals surface area (Å²) in [6.45, 7) is 0.483. The molecule has 0 radical (unpaired) electrons. The maximum Gasteiger partial charge on any atom is 0.123 e. The van der Waals surface area contributed by atoms with E-state index in [4.69, 9.17) is 5.73 Å². The predicted octanol–water partition coefficient (Wildman–Crippen LogP) is 1.68. The minimum Gasteiger partial charge on any atom is -0.386 e. The van der Waals surface area contributed by atoms with Crippen LogP contribution in [0.15, 0.2) is 24.3 Å². The van der Waals surface area contributed by atoms with Crippen molar-refractivity contribution in [3.05, 3.63) is 29.3 Å². The monoisotopic (exact) mass is 208 g/mol. The molecule has 0 spiro atoms. The second-order valence-corrected chi connectivity index (χ2v) is 4.18. The number of para-hydroxylation sites is 1. The van der Waals surface area contributed by atoms with Gasteiger partial charge in [-0.15, -0.1) is 11.3 Å². The lowest BCUT2D eigenvalue weighted by atomic mass is 10.3. The molecule has 0 amide bonds. The quantitative estimate of drug-likeness (QED) is 0.806. The lowest BCUT2D eigenvalue weighted by molar-refractivity contribution is 0.170. The SMILES string of the molecule is NCC[C@H](O)c1nc2ccccc2s1. The van der Waals surface area contributed by atoms with Crippen molar-refractivity contribution in [2.24, 2.45) is 5.73 Å². The molecule has 0 fully saturated rings. The van der Waals surface area contributed by atoms with Crippen LogP contribution >= 0.6 is 11.3 Å². The zero-order valence-electron chi connectivity index (χ0n) is 7.68. The Kier molecular flexibility index (Phi) is 2.77. The summed E-state index contributed by atoms with van der Waals surface area (Å²) >= 11 is 1.53. The van der Waals surface area contributed by atoms with Crippen LogP contribution in [0.1, 0.15) is 17.5 Å². The highest BCUT2D eigenvalue weighted by molar-refractivity contribution is 7.18. The Morgan fingerprint density at radius 2 is 2.21 bits per heavy atom. The van der Waals surface area contributed by atoms with Crippen LogP contribution in [0.4, 0.5) is 0 Å². The summed E-state index contributed by atoms with van der Waals surface area (Å²) in [6, 6.07) is 7.87. The first-order valence-corrected chi connectivity index (χ1v) is 5.36. The van der Waals surface area contributed by atoms with E-state index in [-0.39, 0.29) is 0 Å². The van der Waals surface area contributed by atoms with E-state index in [1.807, 2.05) is 24.3 Å². The van der Waals surface area contributed by atoms with Crippen LogP contribution in [-0.2, 0) is 0 Å². The third-order valence-electron chi connectivity index (χ3n) is 2.04. The van der Waals surface area contributed by atoms with E-state index < -0.39 is 6.10 Å². The van der Waals surface area contributed by atoms with Gasteiger partial charge in [-0.05, 0) is 25.1 Å². The topological polar surface area (TPSA) is 59.1 Å². The Morgan fingerprint density at radius 3 is 2.93 bits per heavy atom. The normalized spacial score (nSPS) is 13.3. The third-order valence-corrected chi connectivity index (χ3v) is 3.17. The first-order chi connectivity index (χ1) is 6.81. The summed E-state index contributed by atoms with van der Waals surface area (Å²) < 4.78 is 1.11. The molecule has 74 valence electrons. The smallest absolute Gasteiger partial charge is 0.123 e. The minimum absolute atomic E-state index is 0.483. The lowest BCUT2D eigenvalue weighted by Crippen LogP contribution is -2.06. The number of aliphatic hydroxyl groups is 1. The van der Waals surface area contributed by atoms with E-state index in [1.165, 1.54) is 11.3 Å². The van der Waals surface area contributed by atoms with Crippen molar-refractivity contribution in [1.29, 1.82) is 0 Å². The van der Waals surface area contributed by atoms with Crippen LogP contribution < -0.4 is 5.73 Å². The molecule has 0 unspecified atom stereocenters. The summed E-state index contributed by atoms with van der Waals surface area (Å²) in [6.07, 6.45) is 0.0530. The van der Waals surface area contributed by atoms with Crippen molar-refractivity contribution < 1.29 is 5.11 Å². The fraction of sp³-hybridized carbons (Fsp3) is 0.300. The van der Waals surface area contributed by atoms with Crippen LogP contribution in [0.5, 0.6) is 0 Å². The van der Waals surface area contributed by atoms with Crippen molar-refractivity contribution in [2.75, 3.05) is 6.54 Å². The molecule has 0 saturated heterocycles. The molecule has 1 aromatic heterocycles. The second kappa shape index (κ2) is 4.04. The second-order valence-electron chi connectivity index (χ2n) is 3.11. The van der Waals surface area contributed by atoms with Gasteiger partial charge in [0.05, 0.1) is 10.2 Å². The number of hydrogen-bond donors (Lipinski definition) is 2. The Bertz CT molecular complexity index is 394. The molecule has 4 heteroatoms. The molecule has 2 rings (SSSR count). The van der Waals surface area contributed by atoms with E-state index in [1.54, 1.807) is 0 Å². The van der Waals surface area contributed by atoms with Crippen molar-refractivity contribution in [3.8, 4) is 0 Å². The highest BCUT2D eigenvalue weighted by Crippen LogP contribution is 2.27. The number of rotatable bonds is 3. The lowest BCUT2D eigenvalue weighted by Gasteiger charge is -2.03. The molecule has 3 N–H and O–H groups in total. The number of aromatic nitrogens is 1. The maximum atomic E-state index is 9.69. The number of benzene rings is 1. The molecule has 1 aromatic carbocycles. The number of nitrogens with zero attached hydrogens (tertiary/aromatic N) is 1. The molecule has 0 aliphatic carbocycles. The van der Waals surface area contributed by atoms with Crippen molar-refractivity contribution in [3.63, 3.8) is 0 Å². The summed E-state index contributed by atoms with van der Waals surface area (Å²) in [5, 5.41) is 10.5. The Balaban J connectivity index is 2.35. The van der Waals surface area contributed by atoms with Gasteiger partial charge in [-0.2, -0.15) is 0 Å². The molecular formula is C10H12N2OS. The van der Waals surface area contributed by atoms with Gasteiger partial charge in [0.15, 0.2) is 0 Å². The van der Waals surface area contributed by atoms with Gasteiger partial charge in [0.1, 0.15) is 11.1 Å². The van der Waals surface area contributed by atoms with Gasteiger partial charge < -0.3 is 10.8 Å². The fourth-order valence-corrected chi connectivity index (χ4v) is 2.30. The van der Waals surface area contributed by atoms with Gasteiger partial charge >= 0.3 is 0 Å². The molecule has 1 heterocycles. The van der Waals surface area contributed by atoms with E-state index in [0.29, 0.717) is 13.0 Å². The number of thiazole rings is 1. The zero-order chi connectivity index (χ0) is 9.97. The van der Waals surface area contributed by atoms with Crippen LogP contribution in [0.3, 0.4) is 0 Å². The van der Waals surface area contributed by atoms with Crippen molar-refractivity contribution >= 4 is 21.6 Å². The maximum absolute atomic E-state index is 9.69. The molecule has 0 aliphatic heterocycles. The molecule has 2 aromatic rings. The van der Waals surface area contributed by atoms with Crippen LogP contribution in [0.2, 0.25) is 0 Å². The van der Waals surface area contributed by atoms with Gasteiger partial charge in [0.25, 0.3) is 0 Å². The molecule has 14 heavy (non-hydrogen) atoms. The molecule has 0 bridgehead atoms. The third kappa shape index (κ3) is 1.77. The Hall–Kier alpha value is -0.970. The summed E-state index contributed by atoms with van der Waals surface area (Å²) in [5.74, 6) is 0. The van der Waals surface area contributed by atoms with Gasteiger partial charge in [-0.3, -0.25) is 0 Å². The largest absolute Gasteiger partial charge is 0.386 e. The first-order valence-electron chi connectivity index (χ1n) is 4.55. The number of nitrogens with two attached hydrogens (primary N) is 1. The number of hydrogen-bond acceptors (Lipinski definition) is 4. The molecular weight excluding hydrogens is 196 g/mol. The average molecular weight is 208 g/mol. The average Bonchev–Trinajstić information content (AvgIpc) is 2.61. The number of fused-ring (bicyclic) bond motifs is 1. The first kappa shape index (κ1) is 9.58. The van der Waals surface area contributed by atoms with Crippen molar-refractivity contribution in [2.45, 2.75) is 12.5 Å². The van der Waals surface area contributed by atoms with Crippen LogP contribution in [0.25, 0.3) is 10.2 Å². The van der Waals surface area contributed by atoms with E-state index in [0.717, 1.165) is 15.2 Å². The van der Waals surface area contributed by atoms with E-state index in [9.17, 15) is 5.11 Å². The van der Waals surface area contributed by atoms with Crippen LogP contribution in [-0.4, -0.2) is 16.6 Å². The van der Waals surface area contributed by atoms with Gasteiger partial charge in [-0.25, -0.2) is 4.98 Å². The molecule has 0 aliphatic rings. The number of aliphatic hydroxyl groups excluding tert-OH is 1. The Labute approximate surface area is 86.2 Å². The van der Waals surface area contributed by atoms with Gasteiger partial charge in [0.2, 0.25) is 0 Å². The Morgan fingerprint density at radius 1 is 1.43 bits per heavy atom. The summed E-state index contributed by atoms with van der Waals surface area (Å²) in [7, 11) is 0. The minimum atomic E-state index is -0.516. The standard InChI is InChI=1S/C10H12N2OS/c11-6-5-8(13)10-12-7-3-1-2-4-9(7)14-10/h1-4,8,13H,5-6,11H2/t8-/m0/s1. The zero-order valence-corrected chi connectivity index (χ0v) is 8.50. The predicted molar refractivity (Wildman–Crippen MR) is 58.3 cm³/mol. The molecule has 0 saturated carbocycles. The molecule has 1 atom stereocenters. The highest BCUT2D eigenvalue weighted by atomic mass is 32.1. The highest BCUT2D eigenvalue weighted by Gasteiger charge is 2.11. The van der Waals surface area contributed by atoms with Gasteiger partial charge in [0, 0.05) is 0 Å².